The number of ether oxygens (including phenoxy) is 1. The number of amides is 1. The van der Waals surface area contributed by atoms with Crippen LogP contribution in [0, 0.1) is 13.8 Å². The van der Waals surface area contributed by atoms with Crippen LogP contribution < -0.4 is 10.6 Å². The highest BCUT2D eigenvalue weighted by molar-refractivity contribution is 5.87. The summed E-state index contributed by atoms with van der Waals surface area (Å²) in [5.41, 5.74) is 4.91. The molecule has 0 aliphatic carbocycles. The Morgan fingerprint density at radius 3 is 2.33 bits per heavy atom. The molecule has 13 heteroatoms. The number of carbonyl (C=O) groups is 2. The topological polar surface area (TPSA) is 162 Å². The highest BCUT2D eigenvalue weighted by Crippen LogP contribution is 2.22. The normalized spacial score (nSPS) is 11.5. The number of nitrogens with one attached hydrogen (secondary N) is 2. The second-order valence-electron chi connectivity index (χ2n) is 11.2. The minimum Gasteiger partial charge on any atom is -0.478 e. The predicted octanol–water partition coefficient (Wildman–Crippen LogP) is 4.79. The highest BCUT2D eigenvalue weighted by atomic mass is 16.6. The number of fused-ring (bicyclic) bond motifs is 1. The van der Waals surface area contributed by atoms with E-state index in [4.69, 9.17) is 9.84 Å². The van der Waals surface area contributed by atoms with E-state index in [0.717, 1.165) is 33.3 Å². The van der Waals surface area contributed by atoms with Gasteiger partial charge in [0.1, 0.15) is 23.6 Å². The molecule has 5 rings (SSSR count). The third kappa shape index (κ3) is 7.31. The molecule has 0 bridgehead atoms. The summed E-state index contributed by atoms with van der Waals surface area (Å²) in [6.07, 6.45) is 5.69. The summed E-state index contributed by atoms with van der Waals surface area (Å²) < 4.78 is 8.75. The number of aromatic carboxylic acids is 1. The minimum absolute atomic E-state index is 0.159. The molecule has 0 saturated heterocycles. The van der Waals surface area contributed by atoms with Crippen LogP contribution in [0.1, 0.15) is 59.1 Å². The Balaban J connectivity index is 1.24. The number of carbonyl (C=O) groups excluding carboxylic acids is 1. The molecular weight excluding hydrogens is 550 g/mol. The van der Waals surface area contributed by atoms with Gasteiger partial charge in [0.15, 0.2) is 5.65 Å². The zero-order chi connectivity index (χ0) is 30.7. The van der Waals surface area contributed by atoms with Gasteiger partial charge in [0.2, 0.25) is 0 Å². The largest absolute Gasteiger partial charge is 0.478 e. The van der Waals surface area contributed by atoms with Gasteiger partial charge in [-0.1, -0.05) is 24.3 Å². The van der Waals surface area contributed by atoms with E-state index < -0.39 is 17.7 Å². The Labute approximate surface area is 248 Å². The lowest BCUT2D eigenvalue weighted by molar-refractivity contribution is 0.0633. The number of rotatable bonds is 9. The molecule has 4 aromatic heterocycles. The molecule has 3 N–H and O–H groups in total. The van der Waals surface area contributed by atoms with Gasteiger partial charge < -0.3 is 15.2 Å². The van der Waals surface area contributed by atoms with Crippen molar-refractivity contribution in [2.75, 3.05) is 10.6 Å². The lowest BCUT2D eigenvalue weighted by atomic mass is 10.1. The zero-order valence-electron chi connectivity index (χ0n) is 24.6. The van der Waals surface area contributed by atoms with Gasteiger partial charge in [-0.2, -0.15) is 10.2 Å². The monoisotopic (exact) mass is 583 g/mol. The number of aryl methyl sites for hydroxylation is 2. The van der Waals surface area contributed by atoms with Crippen molar-refractivity contribution < 1.29 is 19.4 Å². The maximum absolute atomic E-state index is 12.2. The number of nitrogens with zero attached hydrogens (tertiary/aromatic N) is 7. The van der Waals surface area contributed by atoms with E-state index in [2.05, 4.69) is 35.8 Å². The zero-order valence-corrected chi connectivity index (χ0v) is 24.6. The fraction of sp³-hybridized carbons (Fsp3) is 0.300. The van der Waals surface area contributed by atoms with Crippen molar-refractivity contribution in [3.63, 3.8) is 0 Å². The van der Waals surface area contributed by atoms with Crippen LogP contribution >= 0.6 is 0 Å². The molecule has 0 unspecified atom stereocenters. The number of carboxylic acid groups (broad SMARTS) is 1. The molecule has 4 heterocycles. The van der Waals surface area contributed by atoms with Crippen LogP contribution in [0.2, 0.25) is 0 Å². The average molecular weight is 584 g/mol. The van der Waals surface area contributed by atoms with Crippen LogP contribution in [0.4, 0.5) is 16.4 Å². The van der Waals surface area contributed by atoms with E-state index in [1.165, 1.54) is 18.7 Å². The van der Waals surface area contributed by atoms with Crippen LogP contribution in [0.15, 0.2) is 55.2 Å². The summed E-state index contributed by atoms with van der Waals surface area (Å²) in [6, 6.07) is 9.80. The van der Waals surface area contributed by atoms with Gasteiger partial charge in [-0.05, 0) is 62.9 Å². The summed E-state index contributed by atoms with van der Waals surface area (Å²) in [6.45, 7) is 10.8. The SMILES string of the molecule is Cc1cc(NC(=O)OC(C)(C)C)nc(C)c1CNc1ncnc2nn(Cc3ccc(Cn4cc(C(=O)O)cn4)cc3)cc12. The first-order valence-corrected chi connectivity index (χ1v) is 13.7. The minimum atomic E-state index is -0.998. The van der Waals surface area contributed by atoms with Crippen molar-refractivity contribution in [1.29, 1.82) is 0 Å². The smallest absolute Gasteiger partial charge is 0.413 e. The number of pyridine rings is 1. The number of hydrogen-bond donors (Lipinski definition) is 3. The second kappa shape index (κ2) is 11.9. The molecule has 0 radical (unpaired) electrons. The number of carboxylic acids is 1. The van der Waals surface area contributed by atoms with Crippen molar-refractivity contribution in [2.24, 2.45) is 0 Å². The summed E-state index contributed by atoms with van der Waals surface area (Å²) in [5.74, 6) is 0.0867. The van der Waals surface area contributed by atoms with Gasteiger partial charge in [0.25, 0.3) is 0 Å². The van der Waals surface area contributed by atoms with Crippen molar-refractivity contribution in [3.8, 4) is 0 Å². The molecular formula is C30H33N9O4. The molecule has 0 fully saturated rings. The number of benzene rings is 1. The van der Waals surface area contributed by atoms with Crippen LogP contribution in [0.5, 0.6) is 0 Å². The van der Waals surface area contributed by atoms with Crippen molar-refractivity contribution >= 4 is 34.7 Å². The van der Waals surface area contributed by atoms with Crippen molar-refractivity contribution in [2.45, 2.75) is 59.9 Å². The van der Waals surface area contributed by atoms with Crippen LogP contribution in [-0.2, 0) is 24.4 Å². The predicted molar refractivity (Wildman–Crippen MR) is 160 cm³/mol. The fourth-order valence-corrected chi connectivity index (χ4v) is 4.56. The van der Waals surface area contributed by atoms with E-state index >= 15 is 0 Å². The standard InChI is InChI=1S/C30H33N9O4/c1-18-10-25(36-29(42)43-30(3,4)5)35-19(2)23(18)12-31-26-24-16-39(37-27(24)33-17-32-26)14-21-8-6-20(7-9-21)13-38-15-22(11-34-38)28(40)41/h6-11,15-17H,12-14H2,1-5H3,(H,40,41)(H,35,36,42)(H,31,32,33,37). The average Bonchev–Trinajstić information content (AvgIpc) is 3.55. The molecule has 1 amide bonds. The molecule has 0 aliphatic heterocycles. The molecule has 43 heavy (non-hydrogen) atoms. The number of hydrogen-bond acceptors (Lipinski definition) is 9. The van der Waals surface area contributed by atoms with Crippen LogP contribution in [0.25, 0.3) is 11.0 Å². The van der Waals surface area contributed by atoms with Crippen LogP contribution in [0.3, 0.4) is 0 Å². The van der Waals surface area contributed by atoms with Gasteiger partial charge >= 0.3 is 12.1 Å². The van der Waals surface area contributed by atoms with Gasteiger partial charge in [-0.15, -0.1) is 0 Å². The second-order valence-corrected chi connectivity index (χ2v) is 11.2. The third-order valence-corrected chi connectivity index (χ3v) is 6.57. The first kappa shape index (κ1) is 29.2. The van der Waals surface area contributed by atoms with Gasteiger partial charge in [-0.3, -0.25) is 14.7 Å². The molecule has 0 spiro atoms. The van der Waals surface area contributed by atoms with Crippen molar-refractivity contribution in [1.82, 2.24) is 34.5 Å². The Morgan fingerprint density at radius 2 is 1.70 bits per heavy atom. The molecule has 0 saturated carbocycles. The van der Waals surface area contributed by atoms with E-state index in [1.54, 1.807) is 4.68 Å². The molecule has 1 aromatic carbocycles. The van der Waals surface area contributed by atoms with E-state index in [1.807, 2.05) is 75.8 Å². The Kier molecular flexibility index (Phi) is 8.06. The highest BCUT2D eigenvalue weighted by Gasteiger charge is 2.18. The van der Waals surface area contributed by atoms with Gasteiger partial charge in [0.05, 0.1) is 30.2 Å². The maximum atomic E-state index is 12.2. The Bertz CT molecular complexity index is 1760. The summed E-state index contributed by atoms with van der Waals surface area (Å²) in [4.78, 5) is 36.6. The van der Waals surface area contributed by atoms with E-state index in [-0.39, 0.29) is 5.56 Å². The van der Waals surface area contributed by atoms with Crippen molar-refractivity contribution in [3.05, 3.63) is 88.8 Å². The van der Waals surface area contributed by atoms with E-state index in [9.17, 15) is 9.59 Å². The molecule has 0 atom stereocenters. The summed E-state index contributed by atoms with van der Waals surface area (Å²) in [7, 11) is 0. The molecule has 222 valence electrons. The molecule has 13 nitrogen and oxygen atoms in total. The molecule has 5 aromatic rings. The van der Waals surface area contributed by atoms with Gasteiger partial charge in [0, 0.05) is 24.6 Å². The third-order valence-electron chi connectivity index (χ3n) is 6.57. The summed E-state index contributed by atoms with van der Waals surface area (Å²) >= 11 is 0. The fourth-order valence-electron chi connectivity index (χ4n) is 4.56. The summed E-state index contributed by atoms with van der Waals surface area (Å²) in [5, 5.41) is 24.7. The van der Waals surface area contributed by atoms with E-state index in [0.29, 0.717) is 36.9 Å². The Morgan fingerprint density at radius 1 is 1.00 bits per heavy atom. The van der Waals surface area contributed by atoms with Crippen LogP contribution in [-0.4, -0.2) is 57.3 Å². The lowest BCUT2D eigenvalue weighted by Crippen LogP contribution is -2.27. The lowest BCUT2D eigenvalue weighted by Gasteiger charge is -2.20. The quantitative estimate of drug-likeness (QED) is 0.220. The maximum Gasteiger partial charge on any atom is 0.413 e. The number of aromatic nitrogens is 7. The molecule has 0 aliphatic rings. The first-order chi connectivity index (χ1) is 20.4. The first-order valence-electron chi connectivity index (χ1n) is 13.7. The van der Waals surface area contributed by atoms with Gasteiger partial charge in [-0.25, -0.2) is 24.5 Å². The number of anilines is 2. The Hall–Kier alpha value is -5.33.